The topological polar surface area (TPSA) is 88.1 Å². The Morgan fingerprint density at radius 3 is 2.38 bits per heavy atom. The molecule has 3 aromatic carbocycles. The SMILES string of the molecule is C=CCOc1ccc(/C=N\NC(=O)CN(c2ccc(Cl)c(Cl)c2)S(=O)(=O)c2ccccc2)cc1. The van der Waals surface area contributed by atoms with Crippen molar-refractivity contribution in [3.05, 3.63) is 101 Å². The maximum atomic E-state index is 13.3. The number of benzene rings is 3. The number of carbonyl (C=O) groups is 1. The van der Waals surface area contributed by atoms with E-state index in [0.717, 1.165) is 4.31 Å². The Hall–Kier alpha value is -3.33. The highest BCUT2D eigenvalue weighted by Gasteiger charge is 2.27. The highest BCUT2D eigenvalue weighted by Crippen LogP contribution is 2.30. The summed E-state index contributed by atoms with van der Waals surface area (Å²) in [6.07, 6.45) is 3.08. The van der Waals surface area contributed by atoms with E-state index in [-0.39, 0.29) is 20.6 Å². The number of anilines is 1. The zero-order chi connectivity index (χ0) is 24.6. The van der Waals surface area contributed by atoms with Gasteiger partial charge in [0.2, 0.25) is 0 Å². The highest BCUT2D eigenvalue weighted by molar-refractivity contribution is 7.92. The Labute approximate surface area is 208 Å². The first-order valence-electron chi connectivity index (χ1n) is 10.00. The van der Waals surface area contributed by atoms with E-state index in [1.807, 2.05) is 0 Å². The fourth-order valence-corrected chi connectivity index (χ4v) is 4.55. The van der Waals surface area contributed by atoms with Crippen LogP contribution in [0.2, 0.25) is 10.0 Å². The third-order valence-corrected chi connectivity index (χ3v) is 6.99. The van der Waals surface area contributed by atoms with Gasteiger partial charge >= 0.3 is 0 Å². The summed E-state index contributed by atoms with van der Waals surface area (Å²) in [4.78, 5) is 12.6. The minimum Gasteiger partial charge on any atom is -0.490 e. The monoisotopic (exact) mass is 517 g/mol. The molecule has 10 heteroatoms. The number of ether oxygens (including phenoxy) is 1. The molecule has 0 atom stereocenters. The van der Waals surface area contributed by atoms with Crippen molar-refractivity contribution in [1.29, 1.82) is 0 Å². The number of hydrogen-bond acceptors (Lipinski definition) is 5. The molecule has 0 fully saturated rings. The van der Waals surface area contributed by atoms with Crippen molar-refractivity contribution in [2.45, 2.75) is 4.90 Å². The molecule has 176 valence electrons. The smallest absolute Gasteiger partial charge is 0.264 e. The van der Waals surface area contributed by atoms with Crippen LogP contribution in [0.4, 0.5) is 5.69 Å². The number of hydrogen-bond donors (Lipinski definition) is 1. The van der Waals surface area contributed by atoms with E-state index >= 15 is 0 Å². The number of sulfonamides is 1. The molecule has 0 heterocycles. The second-order valence-electron chi connectivity index (χ2n) is 6.89. The van der Waals surface area contributed by atoms with Crippen LogP contribution in [0.1, 0.15) is 5.56 Å². The second-order valence-corrected chi connectivity index (χ2v) is 9.56. The van der Waals surface area contributed by atoms with Gasteiger partial charge in [0.1, 0.15) is 18.9 Å². The van der Waals surface area contributed by atoms with Crippen molar-refractivity contribution in [2.24, 2.45) is 5.10 Å². The highest BCUT2D eigenvalue weighted by atomic mass is 35.5. The Kier molecular flexibility index (Phi) is 8.70. The van der Waals surface area contributed by atoms with E-state index in [1.54, 1.807) is 48.5 Å². The number of hydrazone groups is 1. The lowest BCUT2D eigenvalue weighted by atomic mass is 10.2. The molecule has 3 aromatic rings. The average Bonchev–Trinajstić information content (AvgIpc) is 2.84. The Morgan fingerprint density at radius 1 is 1.03 bits per heavy atom. The zero-order valence-corrected chi connectivity index (χ0v) is 20.2. The predicted octanol–water partition coefficient (Wildman–Crippen LogP) is 4.90. The van der Waals surface area contributed by atoms with Crippen molar-refractivity contribution in [1.82, 2.24) is 5.43 Å². The molecule has 3 rings (SSSR count). The van der Waals surface area contributed by atoms with Crippen LogP contribution in [0, 0.1) is 0 Å². The summed E-state index contributed by atoms with van der Waals surface area (Å²) in [5.74, 6) is 0.0252. The van der Waals surface area contributed by atoms with Gasteiger partial charge in [-0.05, 0) is 60.2 Å². The molecule has 0 unspecified atom stereocenters. The van der Waals surface area contributed by atoms with Gasteiger partial charge in [0, 0.05) is 0 Å². The lowest BCUT2D eigenvalue weighted by Crippen LogP contribution is -2.39. The van der Waals surface area contributed by atoms with Gasteiger partial charge in [-0.1, -0.05) is 54.1 Å². The Bertz CT molecular complexity index is 1280. The molecule has 0 radical (unpaired) electrons. The summed E-state index contributed by atoms with van der Waals surface area (Å²) in [6.45, 7) is 3.46. The first-order valence-corrected chi connectivity index (χ1v) is 12.2. The van der Waals surface area contributed by atoms with Crippen molar-refractivity contribution in [2.75, 3.05) is 17.5 Å². The average molecular weight is 518 g/mol. The van der Waals surface area contributed by atoms with Gasteiger partial charge in [-0.15, -0.1) is 0 Å². The first-order chi connectivity index (χ1) is 16.3. The summed E-state index contributed by atoms with van der Waals surface area (Å²) < 4.78 is 32.9. The number of amides is 1. The molecule has 0 aliphatic heterocycles. The molecular formula is C24H21Cl2N3O4S. The quantitative estimate of drug-likeness (QED) is 0.235. The predicted molar refractivity (Wildman–Crippen MR) is 135 cm³/mol. The molecule has 0 spiro atoms. The first kappa shape index (κ1) is 25.3. The second kappa shape index (κ2) is 11.7. The lowest BCUT2D eigenvalue weighted by molar-refractivity contribution is -0.119. The van der Waals surface area contributed by atoms with Crippen LogP contribution in [0.3, 0.4) is 0 Å². The van der Waals surface area contributed by atoms with Crippen LogP contribution in [0.25, 0.3) is 0 Å². The van der Waals surface area contributed by atoms with Gasteiger partial charge in [0.05, 0.1) is 26.8 Å². The number of nitrogens with one attached hydrogen (secondary N) is 1. The van der Waals surface area contributed by atoms with Crippen LogP contribution in [-0.2, 0) is 14.8 Å². The summed E-state index contributed by atoms with van der Waals surface area (Å²) >= 11 is 12.1. The van der Waals surface area contributed by atoms with Gasteiger partial charge in [-0.2, -0.15) is 5.10 Å². The molecule has 7 nitrogen and oxygen atoms in total. The summed E-state index contributed by atoms with van der Waals surface area (Å²) in [5, 5.41) is 4.34. The van der Waals surface area contributed by atoms with Gasteiger partial charge in [0.25, 0.3) is 15.9 Å². The largest absolute Gasteiger partial charge is 0.490 e. The van der Waals surface area contributed by atoms with Crippen LogP contribution in [0.15, 0.2) is 95.4 Å². The molecule has 1 amide bonds. The van der Waals surface area contributed by atoms with E-state index in [1.165, 1.54) is 36.5 Å². The standard InChI is InChI=1S/C24H21Cl2N3O4S/c1-2-14-33-20-11-8-18(9-12-20)16-27-28-24(30)17-29(19-10-13-22(25)23(26)15-19)34(31,32)21-6-4-3-5-7-21/h2-13,15-16H,1,14,17H2,(H,28,30)/b27-16-. The zero-order valence-electron chi connectivity index (χ0n) is 17.9. The van der Waals surface area contributed by atoms with E-state index in [4.69, 9.17) is 27.9 Å². The third kappa shape index (κ3) is 6.60. The minimum atomic E-state index is -4.07. The Balaban J connectivity index is 1.77. The van der Waals surface area contributed by atoms with Crippen LogP contribution >= 0.6 is 23.2 Å². The van der Waals surface area contributed by atoms with Crippen LogP contribution in [0.5, 0.6) is 5.75 Å². The van der Waals surface area contributed by atoms with Crippen LogP contribution in [-0.4, -0.2) is 33.7 Å². The summed E-state index contributed by atoms with van der Waals surface area (Å²) in [6, 6.07) is 19.1. The van der Waals surface area contributed by atoms with Crippen molar-refractivity contribution < 1.29 is 17.9 Å². The molecule has 0 aromatic heterocycles. The van der Waals surface area contributed by atoms with E-state index in [0.29, 0.717) is 17.9 Å². The Morgan fingerprint density at radius 2 is 1.74 bits per heavy atom. The molecule has 0 aliphatic carbocycles. The normalized spacial score (nSPS) is 11.2. The molecule has 1 N–H and O–H groups in total. The van der Waals surface area contributed by atoms with Crippen molar-refractivity contribution in [3.8, 4) is 5.75 Å². The number of carbonyl (C=O) groups excluding carboxylic acids is 1. The van der Waals surface area contributed by atoms with Crippen molar-refractivity contribution >= 4 is 51.0 Å². The third-order valence-electron chi connectivity index (χ3n) is 4.46. The number of rotatable bonds is 10. The van der Waals surface area contributed by atoms with Crippen LogP contribution < -0.4 is 14.5 Å². The summed E-state index contributed by atoms with van der Waals surface area (Å²) in [7, 11) is -4.07. The number of nitrogens with zero attached hydrogens (tertiary/aromatic N) is 2. The van der Waals surface area contributed by atoms with Gasteiger partial charge < -0.3 is 4.74 Å². The van der Waals surface area contributed by atoms with Crippen molar-refractivity contribution in [3.63, 3.8) is 0 Å². The number of halogens is 2. The molecule has 0 aliphatic rings. The van der Waals surface area contributed by atoms with E-state index in [9.17, 15) is 13.2 Å². The molecule has 0 bridgehead atoms. The van der Waals surface area contributed by atoms with Gasteiger partial charge in [-0.3, -0.25) is 9.10 Å². The fourth-order valence-electron chi connectivity index (χ4n) is 2.82. The fraction of sp³-hybridized carbons (Fsp3) is 0.0833. The molecule has 34 heavy (non-hydrogen) atoms. The molecule has 0 saturated heterocycles. The van der Waals surface area contributed by atoms with E-state index < -0.39 is 22.5 Å². The lowest BCUT2D eigenvalue weighted by Gasteiger charge is -2.24. The van der Waals surface area contributed by atoms with E-state index in [2.05, 4.69) is 17.1 Å². The minimum absolute atomic E-state index is 0.0242. The maximum absolute atomic E-state index is 13.3. The molecule has 0 saturated carbocycles. The maximum Gasteiger partial charge on any atom is 0.264 e. The molecular weight excluding hydrogens is 497 g/mol. The summed E-state index contributed by atoms with van der Waals surface area (Å²) in [5.41, 5.74) is 3.25. The van der Waals surface area contributed by atoms with Gasteiger partial charge in [0.15, 0.2) is 0 Å². The van der Waals surface area contributed by atoms with Gasteiger partial charge in [-0.25, -0.2) is 13.8 Å².